The Kier molecular flexibility index (Phi) is 61.3. The number of aliphatic hydroxyl groups excluding tert-OH is 5. The number of hydrogen-bond donors (Lipinski definition) is 6. The highest BCUT2D eigenvalue weighted by atomic mass is 16.7. The molecule has 1 fully saturated rings. The average Bonchev–Trinajstić information content (AvgIpc) is 3.68. The summed E-state index contributed by atoms with van der Waals surface area (Å²) in [7, 11) is 0. The van der Waals surface area contributed by atoms with Gasteiger partial charge in [0.25, 0.3) is 0 Å². The van der Waals surface area contributed by atoms with E-state index in [1.54, 1.807) is 6.08 Å². The molecule has 1 saturated heterocycles. The summed E-state index contributed by atoms with van der Waals surface area (Å²) in [6.45, 7) is 3.70. The van der Waals surface area contributed by atoms with Gasteiger partial charge in [0.15, 0.2) is 6.29 Å². The lowest BCUT2D eigenvalue weighted by Gasteiger charge is -2.40. The fourth-order valence-electron chi connectivity index (χ4n) is 11.6. The summed E-state index contributed by atoms with van der Waals surface area (Å²) in [6, 6.07) is -0.825. The fraction of sp³-hybridized carbons (Fsp3) is 0.829. The van der Waals surface area contributed by atoms with Gasteiger partial charge in [-0.1, -0.05) is 344 Å². The Labute approximate surface area is 525 Å². The molecule has 9 heteroatoms. The van der Waals surface area contributed by atoms with Crippen molar-refractivity contribution >= 4 is 5.91 Å². The largest absolute Gasteiger partial charge is 0.394 e. The van der Waals surface area contributed by atoms with Crippen LogP contribution in [0.5, 0.6) is 0 Å². The van der Waals surface area contributed by atoms with Gasteiger partial charge in [0, 0.05) is 6.42 Å². The van der Waals surface area contributed by atoms with Gasteiger partial charge < -0.3 is 40.3 Å². The van der Waals surface area contributed by atoms with Crippen molar-refractivity contribution in [1.29, 1.82) is 0 Å². The van der Waals surface area contributed by atoms with E-state index in [0.717, 1.165) is 64.2 Å². The van der Waals surface area contributed by atoms with E-state index in [2.05, 4.69) is 79.9 Å². The number of aliphatic hydroxyl groups is 5. The summed E-state index contributed by atoms with van der Waals surface area (Å²) < 4.78 is 11.3. The van der Waals surface area contributed by atoms with Crippen molar-refractivity contribution in [1.82, 2.24) is 5.32 Å². The zero-order chi connectivity index (χ0) is 61.4. The van der Waals surface area contributed by atoms with Crippen molar-refractivity contribution in [2.24, 2.45) is 0 Å². The van der Waals surface area contributed by atoms with Gasteiger partial charge in [-0.25, -0.2) is 0 Å². The number of ether oxygens (including phenoxy) is 2. The van der Waals surface area contributed by atoms with E-state index >= 15 is 0 Å². The third-order valence-corrected chi connectivity index (χ3v) is 17.3. The average molecular weight is 1190 g/mol. The monoisotopic (exact) mass is 1190 g/mol. The molecule has 0 aromatic carbocycles. The maximum atomic E-state index is 13.1. The summed E-state index contributed by atoms with van der Waals surface area (Å²) in [5, 5.41) is 54.8. The third kappa shape index (κ3) is 53.2. The standard InChI is InChI=1S/C76H139NO8/c1-3-5-7-9-11-13-15-17-19-21-23-25-27-29-31-33-34-35-36-38-40-42-44-46-48-50-52-54-56-58-60-62-64-66-72(80)77-69(68-84-76-75(83)74(82)73(81)71(67-78)85-76)70(79)65-63-61-59-57-55-53-51-49-47-45-43-41-39-37-32-30-28-26-24-22-20-18-16-14-12-10-8-6-4-2/h5,7,11,13,17,19,23,25,55,57,63,65,69-71,73-76,78-79,81-83H,3-4,6,8-10,12,14-16,18,20-22,24,26-54,56,58-62,64,66-68H2,1-2H3,(H,77,80)/b7-5-,13-11-,19-17-,25-23-,57-55+,65-63+. The van der Waals surface area contributed by atoms with E-state index in [1.165, 1.54) is 263 Å². The first kappa shape index (κ1) is 80.6. The first-order valence-corrected chi connectivity index (χ1v) is 36.7. The predicted molar refractivity (Wildman–Crippen MR) is 364 cm³/mol. The highest BCUT2D eigenvalue weighted by Crippen LogP contribution is 2.23. The van der Waals surface area contributed by atoms with Crippen LogP contribution in [0.3, 0.4) is 0 Å². The van der Waals surface area contributed by atoms with E-state index < -0.39 is 49.5 Å². The molecule has 0 aromatic heterocycles. The topological polar surface area (TPSA) is 149 Å². The minimum absolute atomic E-state index is 0.182. The number of nitrogens with one attached hydrogen (secondary N) is 1. The Balaban J connectivity index is 2.12. The maximum Gasteiger partial charge on any atom is 0.220 e. The Morgan fingerprint density at radius 1 is 0.412 bits per heavy atom. The van der Waals surface area contributed by atoms with Crippen LogP contribution >= 0.6 is 0 Å². The van der Waals surface area contributed by atoms with Crippen molar-refractivity contribution in [2.45, 2.75) is 391 Å². The molecule has 6 N–H and O–H groups in total. The van der Waals surface area contributed by atoms with Gasteiger partial charge in [-0.05, 0) is 70.6 Å². The summed E-state index contributed by atoms with van der Waals surface area (Å²) >= 11 is 0. The second-order valence-corrected chi connectivity index (χ2v) is 25.3. The summed E-state index contributed by atoms with van der Waals surface area (Å²) in [5.41, 5.74) is 0. The van der Waals surface area contributed by atoms with E-state index in [4.69, 9.17) is 9.47 Å². The normalized spacial score (nSPS) is 18.5. The molecule has 0 saturated carbocycles. The number of hydrogen-bond acceptors (Lipinski definition) is 8. The van der Waals surface area contributed by atoms with Crippen LogP contribution in [0.25, 0.3) is 0 Å². The zero-order valence-electron chi connectivity index (χ0n) is 55.6. The highest BCUT2D eigenvalue weighted by molar-refractivity contribution is 5.76. The molecule has 496 valence electrons. The maximum absolute atomic E-state index is 13.1. The molecule has 0 aliphatic carbocycles. The van der Waals surface area contributed by atoms with Gasteiger partial charge in [-0.3, -0.25) is 4.79 Å². The number of rotatable bonds is 64. The van der Waals surface area contributed by atoms with E-state index in [9.17, 15) is 30.3 Å². The molecular formula is C76H139NO8. The quantitative estimate of drug-likeness (QED) is 0.0261. The van der Waals surface area contributed by atoms with Crippen LogP contribution in [0.15, 0.2) is 72.9 Å². The first-order chi connectivity index (χ1) is 41.8. The van der Waals surface area contributed by atoms with Crippen molar-refractivity contribution in [3.63, 3.8) is 0 Å². The highest BCUT2D eigenvalue weighted by Gasteiger charge is 2.44. The van der Waals surface area contributed by atoms with Gasteiger partial charge in [0.1, 0.15) is 24.4 Å². The van der Waals surface area contributed by atoms with Gasteiger partial charge in [-0.15, -0.1) is 0 Å². The minimum atomic E-state index is -1.57. The smallest absolute Gasteiger partial charge is 0.220 e. The third-order valence-electron chi connectivity index (χ3n) is 17.3. The van der Waals surface area contributed by atoms with Crippen LogP contribution in [0.4, 0.5) is 0 Å². The molecule has 0 radical (unpaired) electrons. The lowest BCUT2D eigenvalue weighted by molar-refractivity contribution is -0.302. The molecule has 9 nitrogen and oxygen atoms in total. The van der Waals surface area contributed by atoms with Crippen molar-refractivity contribution in [2.75, 3.05) is 13.2 Å². The van der Waals surface area contributed by atoms with Crippen LogP contribution in [-0.2, 0) is 14.3 Å². The molecular weight excluding hydrogens is 1050 g/mol. The van der Waals surface area contributed by atoms with E-state index in [-0.39, 0.29) is 12.5 Å². The number of allylic oxidation sites excluding steroid dienone is 11. The SMILES string of the molecule is CC/C=C\C/C=C\C/C=C\C/C=C\CCCCCCCCCCCCCCCCCCCCCCC(=O)NC(COC1OC(CO)C(O)C(O)C1O)C(O)/C=C/CC/C=C/CCCCCCCCCCCCCCCCCCCCCCCCC. The number of carbonyl (C=O) groups excluding carboxylic acids is 1. The lowest BCUT2D eigenvalue weighted by Crippen LogP contribution is -2.60. The van der Waals surface area contributed by atoms with Gasteiger partial charge in [-0.2, -0.15) is 0 Å². The lowest BCUT2D eigenvalue weighted by atomic mass is 9.99. The van der Waals surface area contributed by atoms with Crippen LogP contribution in [0.1, 0.15) is 348 Å². The van der Waals surface area contributed by atoms with Crippen LogP contribution < -0.4 is 5.32 Å². The van der Waals surface area contributed by atoms with Gasteiger partial charge in [0.05, 0.1) is 25.4 Å². The summed E-state index contributed by atoms with van der Waals surface area (Å²) in [4.78, 5) is 13.1. The molecule has 0 bridgehead atoms. The molecule has 7 atom stereocenters. The van der Waals surface area contributed by atoms with Crippen LogP contribution in [0.2, 0.25) is 0 Å². The molecule has 85 heavy (non-hydrogen) atoms. The van der Waals surface area contributed by atoms with Crippen molar-refractivity contribution < 1.29 is 39.8 Å². The van der Waals surface area contributed by atoms with Crippen molar-refractivity contribution in [3.05, 3.63) is 72.9 Å². The van der Waals surface area contributed by atoms with Gasteiger partial charge in [0.2, 0.25) is 5.91 Å². The Hall–Kier alpha value is -2.37. The first-order valence-electron chi connectivity index (χ1n) is 36.7. The zero-order valence-corrected chi connectivity index (χ0v) is 55.6. The Bertz CT molecular complexity index is 1570. The Morgan fingerprint density at radius 3 is 1.13 bits per heavy atom. The minimum Gasteiger partial charge on any atom is -0.394 e. The number of unbranched alkanes of at least 4 members (excludes halogenated alkanes) is 44. The second-order valence-electron chi connectivity index (χ2n) is 25.3. The molecule has 1 aliphatic rings. The predicted octanol–water partition coefficient (Wildman–Crippen LogP) is 20.3. The molecule has 1 heterocycles. The van der Waals surface area contributed by atoms with E-state index in [0.29, 0.717) is 6.42 Å². The van der Waals surface area contributed by atoms with Gasteiger partial charge >= 0.3 is 0 Å². The molecule has 1 aliphatic heterocycles. The molecule has 0 aromatic rings. The number of carbonyl (C=O) groups is 1. The van der Waals surface area contributed by atoms with Crippen LogP contribution in [0, 0.1) is 0 Å². The molecule has 1 rings (SSSR count). The van der Waals surface area contributed by atoms with Crippen LogP contribution in [-0.4, -0.2) is 87.5 Å². The van der Waals surface area contributed by atoms with E-state index in [1.807, 2.05) is 6.08 Å². The Morgan fingerprint density at radius 2 is 0.741 bits per heavy atom. The molecule has 0 spiro atoms. The van der Waals surface area contributed by atoms with Crippen molar-refractivity contribution in [3.8, 4) is 0 Å². The summed E-state index contributed by atoms with van der Waals surface area (Å²) in [5.74, 6) is -0.182. The fourth-order valence-corrected chi connectivity index (χ4v) is 11.6. The molecule has 1 amide bonds. The number of amides is 1. The summed E-state index contributed by atoms with van der Waals surface area (Å²) in [6.07, 6.45) is 84.6. The second kappa shape index (κ2) is 64.6. The molecule has 7 unspecified atom stereocenters.